The second kappa shape index (κ2) is 11.5. The lowest BCUT2D eigenvalue weighted by molar-refractivity contribution is -0.162. The molecule has 0 aromatic rings. The molecule has 0 fully saturated rings. The Morgan fingerprint density at radius 1 is 0.839 bits per heavy atom. The highest BCUT2D eigenvalue weighted by Crippen LogP contribution is 2.21. The molecule has 0 saturated heterocycles. The number of carbonyl (C=O) groups is 3. The molecule has 0 aliphatic rings. The fourth-order valence-electron chi connectivity index (χ4n) is 2.36. The highest BCUT2D eigenvalue weighted by atomic mass is 16.6. The molecule has 0 spiro atoms. The van der Waals surface area contributed by atoms with Crippen molar-refractivity contribution in [3.05, 3.63) is 12.1 Å². The predicted molar refractivity (Wildman–Crippen MR) is 117 cm³/mol. The number of ether oxygens (including phenoxy) is 3. The Balaban J connectivity index is 5.72. The molecule has 0 radical (unpaired) electrons. The molecule has 0 aromatic heterocycles. The zero-order valence-corrected chi connectivity index (χ0v) is 20.1. The highest BCUT2D eigenvalue weighted by Gasteiger charge is 2.34. The van der Waals surface area contributed by atoms with Crippen molar-refractivity contribution in [1.82, 2.24) is 5.32 Å². The Bertz CT molecular complexity index is 641. The summed E-state index contributed by atoms with van der Waals surface area (Å²) in [5.41, 5.74) is -2.37. The van der Waals surface area contributed by atoms with Gasteiger partial charge in [0.05, 0.1) is 5.92 Å². The largest absolute Gasteiger partial charge is 0.480 e. The highest BCUT2D eigenvalue weighted by molar-refractivity contribution is 6.47. The van der Waals surface area contributed by atoms with Crippen LogP contribution in [0.1, 0.15) is 75.2 Å². The molecule has 1 amide bonds. The molecular weight excluding hydrogens is 405 g/mol. The first kappa shape index (κ1) is 28.9. The Hall–Kier alpha value is -2.07. The van der Waals surface area contributed by atoms with Crippen LogP contribution in [0.15, 0.2) is 12.1 Å². The standard InChI is InChI=1S/C21H38BNO8/c1-19(2,3)29-16(24)14(11-10-12-22(27)28)13-15(17(25)30-20(4,5)6)23-18(26)31-21(7,8)9/h10,12,14-15,27-28H,11,13H2,1-9H3,(H,23,26)/t14-,15-/m0/s1. The second-order valence-corrected chi connectivity index (χ2v) is 10.3. The molecule has 0 saturated carbocycles. The molecule has 0 aliphatic heterocycles. The van der Waals surface area contributed by atoms with Gasteiger partial charge < -0.3 is 29.6 Å². The Labute approximate surface area is 185 Å². The van der Waals surface area contributed by atoms with E-state index in [0.29, 0.717) is 0 Å². The quantitative estimate of drug-likeness (QED) is 0.296. The van der Waals surface area contributed by atoms with Crippen LogP contribution in [0.3, 0.4) is 0 Å². The van der Waals surface area contributed by atoms with Crippen molar-refractivity contribution < 1.29 is 38.6 Å². The number of alkyl carbamates (subject to hydrolysis) is 1. The summed E-state index contributed by atoms with van der Waals surface area (Å²) in [5.74, 6) is -1.08. The van der Waals surface area contributed by atoms with Crippen LogP contribution in [0.2, 0.25) is 0 Å². The lowest BCUT2D eigenvalue weighted by Crippen LogP contribution is -2.47. The molecule has 31 heavy (non-hydrogen) atoms. The van der Waals surface area contributed by atoms with E-state index in [0.717, 1.165) is 5.98 Å². The summed E-state index contributed by atoms with van der Waals surface area (Å²) in [6, 6.07) is -1.18. The van der Waals surface area contributed by atoms with Gasteiger partial charge in [0.2, 0.25) is 0 Å². The molecule has 0 unspecified atom stereocenters. The van der Waals surface area contributed by atoms with E-state index in [1.165, 1.54) is 6.08 Å². The van der Waals surface area contributed by atoms with Crippen LogP contribution < -0.4 is 5.32 Å². The van der Waals surface area contributed by atoms with Crippen molar-refractivity contribution in [2.75, 3.05) is 0 Å². The molecule has 2 atom stereocenters. The van der Waals surface area contributed by atoms with Gasteiger partial charge in [0.25, 0.3) is 0 Å². The number of hydrogen-bond acceptors (Lipinski definition) is 8. The molecule has 0 aromatic carbocycles. The van der Waals surface area contributed by atoms with Crippen molar-refractivity contribution in [2.45, 2.75) is 98.0 Å². The van der Waals surface area contributed by atoms with Gasteiger partial charge >= 0.3 is 25.2 Å². The number of carbonyl (C=O) groups excluding carboxylic acids is 3. The Morgan fingerprint density at radius 3 is 1.71 bits per heavy atom. The van der Waals surface area contributed by atoms with E-state index in [2.05, 4.69) is 5.32 Å². The number of rotatable bonds is 8. The zero-order valence-electron chi connectivity index (χ0n) is 20.1. The summed E-state index contributed by atoms with van der Waals surface area (Å²) in [6.45, 7) is 15.2. The van der Waals surface area contributed by atoms with Crippen molar-refractivity contribution in [3.63, 3.8) is 0 Å². The van der Waals surface area contributed by atoms with E-state index in [1.807, 2.05) is 0 Å². The summed E-state index contributed by atoms with van der Waals surface area (Å²) in [5, 5.41) is 20.5. The number of amides is 1. The SMILES string of the molecule is CC(C)(C)OC(=O)N[C@@H](C[C@H](CC=CB(O)O)C(=O)OC(C)(C)C)C(=O)OC(C)(C)C. The van der Waals surface area contributed by atoms with Gasteiger partial charge in [0, 0.05) is 0 Å². The van der Waals surface area contributed by atoms with Crippen molar-refractivity contribution in [2.24, 2.45) is 5.92 Å². The summed E-state index contributed by atoms with van der Waals surface area (Å²) < 4.78 is 16.1. The third-order valence-electron chi connectivity index (χ3n) is 3.37. The minimum Gasteiger partial charge on any atom is -0.460 e. The minimum absolute atomic E-state index is 0.0574. The lowest BCUT2D eigenvalue weighted by Gasteiger charge is -2.29. The number of allylic oxidation sites excluding steroid dienone is 1. The summed E-state index contributed by atoms with van der Waals surface area (Å²) in [7, 11) is -1.68. The van der Waals surface area contributed by atoms with Crippen LogP contribution >= 0.6 is 0 Å². The molecule has 0 aliphatic carbocycles. The van der Waals surface area contributed by atoms with Crippen LogP contribution in [-0.2, 0) is 23.8 Å². The van der Waals surface area contributed by atoms with Crippen LogP contribution in [-0.4, -0.2) is 58.0 Å². The number of nitrogens with one attached hydrogen (secondary N) is 1. The Kier molecular flexibility index (Phi) is 10.8. The van der Waals surface area contributed by atoms with E-state index in [-0.39, 0.29) is 12.8 Å². The Morgan fingerprint density at radius 2 is 1.29 bits per heavy atom. The first-order valence-electron chi connectivity index (χ1n) is 10.3. The molecule has 10 heteroatoms. The van der Waals surface area contributed by atoms with Gasteiger partial charge in [-0.05, 0) is 75.2 Å². The molecule has 0 bridgehead atoms. The maximum absolute atomic E-state index is 12.7. The molecular formula is C21H38BNO8. The smallest absolute Gasteiger partial charge is 0.460 e. The lowest BCUT2D eigenvalue weighted by atomic mass is 9.88. The maximum atomic E-state index is 12.7. The topological polar surface area (TPSA) is 131 Å². The van der Waals surface area contributed by atoms with Gasteiger partial charge in [-0.1, -0.05) is 12.1 Å². The zero-order chi connectivity index (χ0) is 24.6. The van der Waals surface area contributed by atoms with Gasteiger partial charge in [-0.25, -0.2) is 9.59 Å². The second-order valence-electron chi connectivity index (χ2n) is 10.3. The molecule has 178 valence electrons. The summed E-state index contributed by atoms with van der Waals surface area (Å²) >= 11 is 0. The van der Waals surface area contributed by atoms with Gasteiger partial charge in [0.15, 0.2) is 0 Å². The fraction of sp³-hybridized carbons (Fsp3) is 0.762. The normalized spacial score (nSPS) is 14.5. The summed E-state index contributed by atoms with van der Waals surface area (Å²) in [6.07, 6.45) is 0.503. The van der Waals surface area contributed by atoms with Gasteiger partial charge in [-0.15, -0.1) is 0 Å². The maximum Gasteiger partial charge on any atom is 0.480 e. The van der Waals surface area contributed by atoms with E-state index in [9.17, 15) is 14.4 Å². The van der Waals surface area contributed by atoms with Crippen LogP contribution in [0.4, 0.5) is 4.79 Å². The van der Waals surface area contributed by atoms with Crippen molar-refractivity contribution in [1.29, 1.82) is 0 Å². The average Bonchev–Trinajstić information content (AvgIpc) is 2.47. The molecule has 0 heterocycles. The first-order chi connectivity index (χ1) is 13.8. The van der Waals surface area contributed by atoms with E-state index in [4.69, 9.17) is 24.3 Å². The number of esters is 2. The van der Waals surface area contributed by atoms with E-state index < -0.39 is 53.9 Å². The predicted octanol–water partition coefficient (Wildman–Crippen LogP) is 2.53. The van der Waals surface area contributed by atoms with E-state index in [1.54, 1.807) is 62.3 Å². The number of hydrogen-bond donors (Lipinski definition) is 3. The van der Waals surface area contributed by atoms with E-state index >= 15 is 0 Å². The van der Waals surface area contributed by atoms with Crippen LogP contribution in [0, 0.1) is 5.92 Å². The monoisotopic (exact) mass is 443 g/mol. The van der Waals surface area contributed by atoms with Gasteiger partial charge in [-0.3, -0.25) is 4.79 Å². The minimum atomic E-state index is -1.68. The summed E-state index contributed by atoms with van der Waals surface area (Å²) in [4.78, 5) is 37.7. The van der Waals surface area contributed by atoms with Gasteiger partial charge in [0.1, 0.15) is 22.8 Å². The molecule has 3 N–H and O–H groups in total. The fourth-order valence-corrected chi connectivity index (χ4v) is 2.36. The third-order valence-corrected chi connectivity index (χ3v) is 3.37. The van der Waals surface area contributed by atoms with Crippen LogP contribution in [0.25, 0.3) is 0 Å². The van der Waals surface area contributed by atoms with Crippen molar-refractivity contribution >= 4 is 25.2 Å². The average molecular weight is 443 g/mol. The molecule has 0 rings (SSSR count). The molecule has 9 nitrogen and oxygen atoms in total. The van der Waals surface area contributed by atoms with Gasteiger partial charge in [-0.2, -0.15) is 0 Å². The third kappa shape index (κ3) is 15.4. The van der Waals surface area contributed by atoms with Crippen LogP contribution in [0.5, 0.6) is 0 Å². The van der Waals surface area contributed by atoms with Crippen molar-refractivity contribution in [3.8, 4) is 0 Å². The first-order valence-corrected chi connectivity index (χ1v) is 10.3.